The van der Waals surface area contributed by atoms with Gasteiger partial charge in [-0.1, -0.05) is 6.58 Å². The number of fused-ring (bicyclic) bond motifs is 1. The molecule has 0 aromatic heterocycles. The minimum Gasteiger partial charge on any atom is -0.459 e. The fraction of sp³-hybridized carbons (Fsp3) is 0.750. The first-order valence-electron chi connectivity index (χ1n) is 6.22. The van der Waals surface area contributed by atoms with Crippen LogP contribution in [0.15, 0.2) is 12.7 Å². The third-order valence-electron chi connectivity index (χ3n) is 3.79. The fourth-order valence-electron chi connectivity index (χ4n) is 2.83. The number of halogens is 5. The number of rotatable bonds is 2. The maximum absolute atomic E-state index is 14.1. The lowest BCUT2D eigenvalue weighted by Crippen LogP contribution is -2.59. The summed E-state index contributed by atoms with van der Waals surface area (Å²) in [6, 6.07) is 0. The van der Waals surface area contributed by atoms with E-state index in [4.69, 9.17) is 4.74 Å². The minimum atomic E-state index is -5.67. The Balaban J connectivity index is 2.35. The molecule has 4 unspecified atom stereocenters. The summed E-state index contributed by atoms with van der Waals surface area (Å²) in [5, 5.41) is 9.34. The summed E-state index contributed by atoms with van der Waals surface area (Å²) >= 11 is 0. The predicted molar refractivity (Wildman–Crippen MR) is 58.2 cm³/mol. The van der Waals surface area contributed by atoms with Crippen LogP contribution in [0.3, 0.4) is 0 Å². The van der Waals surface area contributed by atoms with Crippen LogP contribution in [-0.4, -0.2) is 41.2 Å². The Morgan fingerprint density at radius 1 is 1.38 bits per heavy atom. The zero-order valence-corrected chi connectivity index (χ0v) is 10.7. The molecule has 1 heterocycles. The number of alkyl halides is 5. The molecule has 2 fully saturated rings. The van der Waals surface area contributed by atoms with Crippen LogP contribution >= 0.6 is 0 Å². The molecule has 4 atom stereocenters. The van der Waals surface area contributed by atoms with Gasteiger partial charge in [0, 0.05) is 6.08 Å². The van der Waals surface area contributed by atoms with E-state index in [2.05, 4.69) is 11.3 Å². The quantitative estimate of drug-likeness (QED) is 0.482. The average Bonchev–Trinajstić information content (AvgIpc) is 2.58. The third-order valence-corrected chi connectivity index (χ3v) is 3.79. The Bertz CT molecular complexity index is 449. The van der Waals surface area contributed by atoms with Gasteiger partial charge >= 0.3 is 23.9 Å². The van der Waals surface area contributed by atoms with Gasteiger partial charge < -0.3 is 14.6 Å². The van der Waals surface area contributed by atoms with Crippen LogP contribution in [0.25, 0.3) is 0 Å². The van der Waals surface area contributed by atoms with Crippen LogP contribution in [0.4, 0.5) is 22.0 Å². The van der Waals surface area contributed by atoms with E-state index in [1.807, 2.05) is 0 Å². The van der Waals surface area contributed by atoms with Gasteiger partial charge in [-0.05, 0) is 19.3 Å². The van der Waals surface area contributed by atoms with Gasteiger partial charge in [0.05, 0.1) is 12.0 Å². The summed E-state index contributed by atoms with van der Waals surface area (Å²) in [5.41, 5.74) is 0. The van der Waals surface area contributed by atoms with E-state index in [-0.39, 0.29) is 19.3 Å². The monoisotopic (exact) mass is 316 g/mol. The van der Waals surface area contributed by atoms with Crippen molar-refractivity contribution in [2.75, 3.05) is 0 Å². The second-order valence-corrected chi connectivity index (χ2v) is 5.06. The largest absolute Gasteiger partial charge is 0.459 e. The van der Waals surface area contributed by atoms with Crippen molar-refractivity contribution in [3.8, 4) is 0 Å². The van der Waals surface area contributed by atoms with E-state index in [9.17, 15) is 31.9 Å². The zero-order chi connectivity index (χ0) is 16.1. The lowest BCUT2D eigenvalue weighted by atomic mass is 9.79. The molecule has 2 rings (SSSR count). The first-order valence-corrected chi connectivity index (χ1v) is 6.22. The second kappa shape index (κ2) is 4.91. The first-order chi connectivity index (χ1) is 9.54. The van der Waals surface area contributed by atoms with Crippen LogP contribution in [0, 0.1) is 5.92 Å². The smallest absolute Gasteiger partial charge is 0.449 e. The van der Waals surface area contributed by atoms with Crippen molar-refractivity contribution in [2.24, 2.45) is 5.92 Å². The van der Waals surface area contributed by atoms with Crippen LogP contribution in [0.2, 0.25) is 0 Å². The predicted octanol–water partition coefficient (Wildman–Crippen LogP) is 2.17. The molecule has 4 nitrogen and oxygen atoms in total. The fourth-order valence-corrected chi connectivity index (χ4v) is 2.83. The lowest BCUT2D eigenvalue weighted by molar-refractivity contribution is -0.408. The molecule has 1 saturated heterocycles. The zero-order valence-electron chi connectivity index (χ0n) is 10.7. The molecular formula is C12H13F5O4. The Labute approximate surface area is 116 Å². The Hall–Kier alpha value is -1.22. The molecule has 1 N–H and O–H groups in total. The van der Waals surface area contributed by atoms with Crippen LogP contribution < -0.4 is 0 Å². The van der Waals surface area contributed by atoms with Crippen LogP contribution in [0.5, 0.6) is 0 Å². The maximum atomic E-state index is 14.1. The van der Waals surface area contributed by atoms with Gasteiger partial charge in [0.1, 0.15) is 6.10 Å². The number of hydrogen-bond acceptors (Lipinski definition) is 4. The Morgan fingerprint density at radius 2 is 2.00 bits per heavy atom. The highest BCUT2D eigenvalue weighted by molar-refractivity contribution is 5.81. The standard InChI is InChI=1S/C12H13F5O4/c1-2-8(18)20-6-4-3-5-7-9(6)10(13,14)11(19,21-7)12(15,16)17/h2,6-7,9,19H,1,3-5H2. The normalized spacial score (nSPS) is 38.7. The van der Waals surface area contributed by atoms with Gasteiger partial charge in [0.25, 0.3) is 0 Å². The number of hydrogen-bond donors (Lipinski definition) is 1. The van der Waals surface area contributed by atoms with E-state index in [1.54, 1.807) is 0 Å². The van der Waals surface area contributed by atoms with Gasteiger partial charge in [-0.2, -0.15) is 22.0 Å². The van der Waals surface area contributed by atoms with Crippen molar-refractivity contribution in [2.45, 2.75) is 49.4 Å². The van der Waals surface area contributed by atoms with Crippen molar-refractivity contribution in [1.29, 1.82) is 0 Å². The van der Waals surface area contributed by atoms with E-state index in [0.29, 0.717) is 0 Å². The van der Waals surface area contributed by atoms with Crippen molar-refractivity contribution in [3.05, 3.63) is 12.7 Å². The third kappa shape index (κ3) is 2.32. The summed E-state index contributed by atoms with van der Waals surface area (Å²) in [5.74, 6) is -12.3. The highest BCUT2D eigenvalue weighted by atomic mass is 19.4. The summed E-state index contributed by atoms with van der Waals surface area (Å²) < 4.78 is 75.4. The van der Waals surface area contributed by atoms with Crippen LogP contribution in [0.1, 0.15) is 19.3 Å². The number of ether oxygens (including phenoxy) is 2. The number of esters is 1. The second-order valence-electron chi connectivity index (χ2n) is 5.06. The molecule has 1 aliphatic heterocycles. The number of carbonyl (C=O) groups is 1. The summed E-state index contributed by atoms with van der Waals surface area (Å²) in [6.07, 6.45) is -7.83. The van der Waals surface area contributed by atoms with Gasteiger partial charge in [-0.3, -0.25) is 0 Å². The van der Waals surface area contributed by atoms with Crippen LogP contribution in [-0.2, 0) is 14.3 Å². The molecule has 0 aromatic carbocycles. The molecular weight excluding hydrogens is 303 g/mol. The van der Waals surface area contributed by atoms with Crippen molar-refractivity contribution < 1.29 is 41.3 Å². The molecule has 120 valence electrons. The molecule has 0 aromatic rings. The van der Waals surface area contributed by atoms with Gasteiger partial charge in [-0.25, -0.2) is 4.79 Å². The molecule has 0 radical (unpaired) electrons. The highest BCUT2D eigenvalue weighted by Crippen LogP contribution is 2.57. The lowest BCUT2D eigenvalue weighted by Gasteiger charge is -2.35. The van der Waals surface area contributed by atoms with Gasteiger partial charge in [-0.15, -0.1) is 0 Å². The van der Waals surface area contributed by atoms with Crippen molar-refractivity contribution in [3.63, 3.8) is 0 Å². The molecule has 0 spiro atoms. The molecule has 0 bridgehead atoms. The first kappa shape index (κ1) is 16.2. The summed E-state index contributed by atoms with van der Waals surface area (Å²) in [4.78, 5) is 11.1. The van der Waals surface area contributed by atoms with Gasteiger partial charge in [0.15, 0.2) is 0 Å². The average molecular weight is 316 g/mol. The molecule has 1 aliphatic carbocycles. The van der Waals surface area contributed by atoms with E-state index < -0.39 is 42.0 Å². The molecule has 0 amide bonds. The number of aliphatic hydroxyl groups is 1. The van der Waals surface area contributed by atoms with Crippen molar-refractivity contribution in [1.82, 2.24) is 0 Å². The highest BCUT2D eigenvalue weighted by Gasteiger charge is 2.80. The molecule has 21 heavy (non-hydrogen) atoms. The number of carbonyl (C=O) groups excluding carboxylic acids is 1. The maximum Gasteiger partial charge on any atom is 0.449 e. The minimum absolute atomic E-state index is 0.0341. The van der Waals surface area contributed by atoms with Crippen molar-refractivity contribution >= 4 is 5.97 Å². The SMILES string of the molecule is C=CC(=O)OC1CCCC2OC(O)(C(F)(F)F)C(F)(F)C12. The Kier molecular flexibility index (Phi) is 3.78. The van der Waals surface area contributed by atoms with E-state index >= 15 is 0 Å². The van der Waals surface area contributed by atoms with E-state index in [1.165, 1.54) is 0 Å². The molecule has 2 aliphatic rings. The summed E-state index contributed by atoms with van der Waals surface area (Å²) in [6.45, 7) is 3.09. The molecule has 9 heteroatoms. The molecule has 1 saturated carbocycles. The van der Waals surface area contributed by atoms with Gasteiger partial charge in [0.2, 0.25) is 0 Å². The Morgan fingerprint density at radius 3 is 2.52 bits per heavy atom. The van der Waals surface area contributed by atoms with E-state index in [0.717, 1.165) is 6.08 Å². The topological polar surface area (TPSA) is 55.8 Å². The summed E-state index contributed by atoms with van der Waals surface area (Å²) in [7, 11) is 0.